The Labute approximate surface area is 162 Å². The molecule has 2 atom stereocenters. The zero-order valence-corrected chi connectivity index (χ0v) is 17.5. The third kappa shape index (κ3) is 4.05. The van der Waals surface area contributed by atoms with E-state index in [0.29, 0.717) is 44.3 Å². The molecule has 150 valence electrons. The Morgan fingerprint density at radius 1 is 1.26 bits per heavy atom. The van der Waals surface area contributed by atoms with Crippen molar-refractivity contribution in [3.05, 3.63) is 35.4 Å². The lowest BCUT2D eigenvalue weighted by atomic mass is 9.73. The molecule has 0 bridgehead atoms. The highest BCUT2D eigenvalue weighted by atomic mass is 32.2. The van der Waals surface area contributed by atoms with Crippen LogP contribution >= 0.6 is 0 Å². The molecule has 0 aliphatic carbocycles. The Hall–Kier alpha value is -1.44. The number of hydrogen-bond acceptors (Lipinski definition) is 4. The van der Waals surface area contributed by atoms with Gasteiger partial charge in [0.15, 0.2) is 0 Å². The normalized spacial score (nSPS) is 26.4. The molecule has 0 saturated carbocycles. The molecule has 0 unspecified atom stereocenters. The molecule has 7 heteroatoms. The molecule has 0 N–H and O–H groups in total. The van der Waals surface area contributed by atoms with Crippen LogP contribution in [0.15, 0.2) is 24.3 Å². The second-order valence-electron chi connectivity index (χ2n) is 8.33. The highest BCUT2D eigenvalue weighted by Crippen LogP contribution is 2.44. The van der Waals surface area contributed by atoms with Gasteiger partial charge in [0.1, 0.15) is 0 Å². The van der Waals surface area contributed by atoms with Gasteiger partial charge in [-0.2, -0.15) is 0 Å². The van der Waals surface area contributed by atoms with Gasteiger partial charge in [-0.1, -0.05) is 26.0 Å². The molecule has 2 saturated heterocycles. The number of ether oxygens (including phenoxy) is 1. The van der Waals surface area contributed by atoms with E-state index in [9.17, 15) is 13.2 Å². The highest BCUT2D eigenvalue weighted by molar-refractivity contribution is 7.88. The van der Waals surface area contributed by atoms with E-state index in [1.807, 2.05) is 29.2 Å². The summed E-state index contributed by atoms with van der Waals surface area (Å²) in [6.07, 6.45) is 2.01. The van der Waals surface area contributed by atoms with Crippen LogP contribution in [0.2, 0.25) is 0 Å². The number of fused-ring (bicyclic) bond motifs is 1. The van der Waals surface area contributed by atoms with Crippen LogP contribution in [-0.2, 0) is 14.8 Å². The Morgan fingerprint density at radius 3 is 2.48 bits per heavy atom. The summed E-state index contributed by atoms with van der Waals surface area (Å²) in [5.74, 6) is 0.549. The van der Waals surface area contributed by atoms with Crippen molar-refractivity contribution in [2.45, 2.75) is 26.2 Å². The molecule has 2 aliphatic heterocycles. The summed E-state index contributed by atoms with van der Waals surface area (Å²) in [4.78, 5) is 14.8. The van der Waals surface area contributed by atoms with E-state index in [1.165, 1.54) is 11.8 Å². The van der Waals surface area contributed by atoms with E-state index in [1.54, 1.807) is 11.4 Å². The van der Waals surface area contributed by atoms with Crippen molar-refractivity contribution in [1.29, 1.82) is 0 Å². The van der Waals surface area contributed by atoms with Crippen LogP contribution in [0.4, 0.5) is 0 Å². The average molecular weight is 395 g/mol. The second-order valence-corrected chi connectivity index (χ2v) is 10.3. The van der Waals surface area contributed by atoms with Crippen molar-refractivity contribution in [3.8, 4) is 0 Å². The summed E-state index contributed by atoms with van der Waals surface area (Å²) < 4.78 is 31.1. The van der Waals surface area contributed by atoms with E-state index < -0.39 is 10.0 Å². The number of piperidine rings is 1. The lowest BCUT2D eigenvalue weighted by Gasteiger charge is -2.43. The number of benzene rings is 1. The maximum atomic E-state index is 13.0. The van der Waals surface area contributed by atoms with Crippen LogP contribution in [0.3, 0.4) is 0 Å². The van der Waals surface area contributed by atoms with Crippen molar-refractivity contribution in [2.75, 3.05) is 46.2 Å². The molecule has 0 radical (unpaired) electrons. The molecule has 0 spiro atoms. The fourth-order valence-electron chi connectivity index (χ4n) is 4.39. The SMILES string of the molecule is COC[C@@]12CCN(C(=O)c3ccc(C(C)C)cc3)C[C@@H]1CN(S(C)(=O)=O)C2. The fraction of sp³-hybridized carbons (Fsp3) is 0.650. The Morgan fingerprint density at radius 2 is 1.93 bits per heavy atom. The number of methoxy groups -OCH3 is 1. The lowest BCUT2D eigenvalue weighted by Crippen LogP contribution is -2.50. The van der Waals surface area contributed by atoms with Crippen molar-refractivity contribution in [3.63, 3.8) is 0 Å². The van der Waals surface area contributed by atoms with E-state index in [2.05, 4.69) is 13.8 Å². The molecule has 2 aliphatic rings. The van der Waals surface area contributed by atoms with Gasteiger partial charge < -0.3 is 9.64 Å². The van der Waals surface area contributed by atoms with Crippen molar-refractivity contribution in [1.82, 2.24) is 9.21 Å². The second kappa shape index (κ2) is 7.53. The summed E-state index contributed by atoms with van der Waals surface area (Å²) in [5, 5.41) is 0. The number of rotatable bonds is 5. The van der Waals surface area contributed by atoms with Crippen LogP contribution in [0, 0.1) is 11.3 Å². The monoisotopic (exact) mass is 394 g/mol. The molecule has 6 nitrogen and oxygen atoms in total. The quantitative estimate of drug-likeness (QED) is 0.768. The van der Waals surface area contributed by atoms with Gasteiger partial charge in [-0.25, -0.2) is 12.7 Å². The first-order chi connectivity index (χ1) is 12.7. The minimum Gasteiger partial charge on any atom is -0.384 e. The van der Waals surface area contributed by atoms with Gasteiger partial charge in [0.25, 0.3) is 5.91 Å². The fourth-order valence-corrected chi connectivity index (χ4v) is 5.33. The number of hydrogen-bond donors (Lipinski definition) is 0. The Balaban J connectivity index is 1.76. The van der Waals surface area contributed by atoms with Crippen LogP contribution in [-0.4, -0.2) is 69.7 Å². The van der Waals surface area contributed by atoms with Gasteiger partial charge >= 0.3 is 0 Å². The maximum absolute atomic E-state index is 13.0. The first kappa shape index (κ1) is 20.3. The largest absolute Gasteiger partial charge is 0.384 e. The molecule has 2 heterocycles. The minimum atomic E-state index is -3.25. The Kier molecular flexibility index (Phi) is 5.66. The number of sulfonamides is 1. The van der Waals surface area contributed by atoms with Crippen LogP contribution in [0.25, 0.3) is 0 Å². The van der Waals surface area contributed by atoms with Gasteiger partial charge in [-0.05, 0) is 36.0 Å². The van der Waals surface area contributed by atoms with Gasteiger partial charge in [-0.15, -0.1) is 0 Å². The van der Waals surface area contributed by atoms with Gasteiger partial charge in [0.2, 0.25) is 10.0 Å². The average Bonchev–Trinajstić information content (AvgIpc) is 3.00. The van der Waals surface area contributed by atoms with E-state index >= 15 is 0 Å². The van der Waals surface area contributed by atoms with Gasteiger partial charge in [0, 0.05) is 44.3 Å². The zero-order chi connectivity index (χ0) is 19.8. The number of carbonyl (C=O) groups is 1. The number of nitrogens with zero attached hydrogens (tertiary/aromatic N) is 2. The number of carbonyl (C=O) groups excluding carboxylic acids is 1. The van der Waals surface area contributed by atoms with Gasteiger partial charge in [0.05, 0.1) is 12.9 Å². The standard InChI is InChI=1S/C20H30N2O4S/c1-15(2)16-5-7-17(8-6-16)19(23)21-10-9-20(14-26-3)13-22(27(4,24)25)12-18(20)11-21/h5-8,15,18H,9-14H2,1-4H3/t18-,20+/m1/s1. The van der Waals surface area contributed by atoms with Crippen molar-refractivity contribution in [2.24, 2.45) is 11.3 Å². The predicted octanol–water partition coefficient (Wildman–Crippen LogP) is 2.18. The molecule has 0 aromatic heterocycles. The third-order valence-electron chi connectivity index (χ3n) is 6.11. The zero-order valence-electron chi connectivity index (χ0n) is 16.6. The lowest BCUT2D eigenvalue weighted by molar-refractivity contribution is 0.00342. The molecule has 1 aromatic carbocycles. The van der Waals surface area contributed by atoms with Crippen LogP contribution in [0.1, 0.15) is 42.1 Å². The molecule has 27 heavy (non-hydrogen) atoms. The topological polar surface area (TPSA) is 66.9 Å². The summed E-state index contributed by atoms with van der Waals surface area (Å²) >= 11 is 0. The molecule has 3 rings (SSSR count). The summed E-state index contributed by atoms with van der Waals surface area (Å²) in [5.41, 5.74) is 1.70. The third-order valence-corrected chi connectivity index (χ3v) is 7.33. The smallest absolute Gasteiger partial charge is 0.253 e. The van der Waals surface area contributed by atoms with Gasteiger partial charge in [-0.3, -0.25) is 4.79 Å². The maximum Gasteiger partial charge on any atom is 0.253 e. The van der Waals surface area contributed by atoms with E-state index in [0.717, 1.165) is 6.42 Å². The van der Waals surface area contributed by atoms with E-state index in [-0.39, 0.29) is 17.2 Å². The molecular formula is C20H30N2O4S. The summed E-state index contributed by atoms with van der Waals surface area (Å²) in [6, 6.07) is 7.81. The van der Waals surface area contributed by atoms with Crippen molar-refractivity contribution < 1.29 is 17.9 Å². The number of amides is 1. The van der Waals surface area contributed by atoms with Crippen LogP contribution < -0.4 is 0 Å². The van der Waals surface area contributed by atoms with E-state index in [4.69, 9.17) is 4.74 Å². The summed E-state index contributed by atoms with van der Waals surface area (Å²) in [6.45, 7) is 6.92. The Bertz CT molecular complexity index is 791. The molecule has 1 aromatic rings. The highest BCUT2D eigenvalue weighted by Gasteiger charge is 2.52. The summed E-state index contributed by atoms with van der Waals surface area (Å²) in [7, 11) is -1.59. The first-order valence-corrected chi connectivity index (χ1v) is 11.3. The van der Waals surface area contributed by atoms with Crippen molar-refractivity contribution >= 4 is 15.9 Å². The molecular weight excluding hydrogens is 364 g/mol. The molecule has 2 fully saturated rings. The first-order valence-electron chi connectivity index (χ1n) is 9.49. The molecule has 1 amide bonds. The predicted molar refractivity (Wildman–Crippen MR) is 105 cm³/mol. The van der Waals surface area contributed by atoms with Crippen LogP contribution in [0.5, 0.6) is 0 Å². The minimum absolute atomic E-state index is 0.0223. The number of likely N-dealkylation sites (tertiary alicyclic amines) is 1.